The van der Waals surface area contributed by atoms with E-state index < -0.39 is 45.5 Å². The van der Waals surface area contributed by atoms with E-state index in [9.17, 15) is 30.7 Å². The Morgan fingerprint density at radius 3 is 2.12 bits per heavy atom. The number of alkyl halides is 6. The van der Waals surface area contributed by atoms with E-state index in [0.29, 0.717) is 6.07 Å². The summed E-state index contributed by atoms with van der Waals surface area (Å²) in [6.07, 6.45) is -4.81. The van der Waals surface area contributed by atoms with Gasteiger partial charge in [-0.3, -0.25) is 0 Å². The molecule has 2 aromatic rings. The number of hydrogen-bond acceptors (Lipinski definition) is 2. The van der Waals surface area contributed by atoms with Gasteiger partial charge in [-0.05, 0) is 37.7 Å². The quantitative estimate of drug-likeness (QED) is 0.467. The smallest absolute Gasteiger partial charge is 0.232 e. The highest BCUT2D eigenvalue weighted by Gasteiger charge is 2.35. The second-order valence-corrected chi connectivity index (χ2v) is 6.23. The fraction of sp³-hybridized carbons (Fsp3) is 0.308. The molecular formula is C13H8ClF7N2S. The summed E-state index contributed by atoms with van der Waals surface area (Å²) in [5.41, 5.74) is -6.58. The molecule has 0 aliphatic carbocycles. The summed E-state index contributed by atoms with van der Waals surface area (Å²) in [5.74, 6) is -1.34. The Hall–Kier alpha value is -1.42. The van der Waals surface area contributed by atoms with E-state index in [0.717, 1.165) is 4.68 Å². The molecule has 0 radical (unpaired) electrons. The van der Waals surface area contributed by atoms with Crippen LogP contribution in [-0.2, 0) is 6.18 Å². The molecule has 1 aromatic carbocycles. The van der Waals surface area contributed by atoms with E-state index in [1.165, 1.54) is 13.8 Å². The molecule has 2 nitrogen and oxygen atoms in total. The zero-order valence-corrected chi connectivity index (χ0v) is 13.6. The van der Waals surface area contributed by atoms with E-state index in [2.05, 4.69) is 5.10 Å². The van der Waals surface area contributed by atoms with Crippen molar-refractivity contribution in [3.63, 3.8) is 0 Å². The molecule has 0 saturated carbocycles. The van der Waals surface area contributed by atoms with Crippen molar-refractivity contribution in [3.05, 3.63) is 39.9 Å². The number of rotatable bonds is 2. The first-order chi connectivity index (χ1) is 10.8. The minimum Gasteiger partial charge on any atom is -0.232 e. The minimum absolute atomic E-state index is 0.0508. The van der Waals surface area contributed by atoms with Crippen LogP contribution >= 0.6 is 23.4 Å². The van der Waals surface area contributed by atoms with Crippen molar-refractivity contribution in [2.45, 2.75) is 30.4 Å². The monoisotopic (exact) mass is 392 g/mol. The molecule has 1 heterocycles. The second-order valence-electron chi connectivity index (χ2n) is 4.75. The van der Waals surface area contributed by atoms with Crippen LogP contribution in [0.4, 0.5) is 30.7 Å². The van der Waals surface area contributed by atoms with Crippen molar-refractivity contribution in [1.29, 1.82) is 0 Å². The molecule has 0 bridgehead atoms. The molecule has 0 unspecified atom stereocenters. The van der Waals surface area contributed by atoms with Crippen molar-refractivity contribution in [1.82, 2.24) is 9.78 Å². The highest BCUT2D eigenvalue weighted by molar-refractivity contribution is 8.00. The van der Waals surface area contributed by atoms with Crippen LogP contribution in [0.15, 0.2) is 17.0 Å². The predicted octanol–water partition coefficient (Wildman–Crippen LogP) is 5.91. The summed E-state index contributed by atoms with van der Waals surface area (Å²) in [6, 6.07) is 0.710. The Kier molecular flexibility index (Phi) is 4.84. The highest BCUT2D eigenvalue weighted by atomic mass is 35.5. The Morgan fingerprint density at radius 1 is 1.08 bits per heavy atom. The Labute approximate surface area is 140 Å². The van der Waals surface area contributed by atoms with E-state index in [4.69, 9.17) is 11.6 Å². The number of thioether (sulfide) groups is 1. The molecule has 11 heteroatoms. The van der Waals surface area contributed by atoms with Gasteiger partial charge < -0.3 is 0 Å². The first-order valence-electron chi connectivity index (χ1n) is 6.20. The summed E-state index contributed by atoms with van der Waals surface area (Å²) < 4.78 is 90.5. The molecule has 0 N–H and O–H groups in total. The average Bonchev–Trinajstić information content (AvgIpc) is 2.63. The van der Waals surface area contributed by atoms with Crippen molar-refractivity contribution in [2.24, 2.45) is 0 Å². The Bertz CT molecular complexity index is 757. The zero-order chi connectivity index (χ0) is 18.4. The molecule has 0 spiro atoms. The third-order valence-corrected chi connectivity index (χ3v) is 4.31. The van der Waals surface area contributed by atoms with Crippen LogP contribution in [0, 0.1) is 19.7 Å². The van der Waals surface area contributed by atoms with Gasteiger partial charge in [0.2, 0.25) is 0 Å². The van der Waals surface area contributed by atoms with E-state index in [-0.39, 0.29) is 22.3 Å². The lowest BCUT2D eigenvalue weighted by Crippen LogP contribution is -2.09. The van der Waals surface area contributed by atoms with Crippen LogP contribution in [0.5, 0.6) is 0 Å². The number of aromatic nitrogens is 2. The predicted molar refractivity (Wildman–Crippen MR) is 74.9 cm³/mol. The molecule has 0 atom stereocenters. The molecule has 0 aliphatic heterocycles. The van der Waals surface area contributed by atoms with Gasteiger partial charge in [0.05, 0.1) is 26.9 Å². The maximum absolute atomic E-state index is 14.1. The number of aryl methyl sites for hydroxylation is 1. The second kappa shape index (κ2) is 6.14. The third kappa shape index (κ3) is 3.80. The maximum atomic E-state index is 14.1. The van der Waals surface area contributed by atoms with Gasteiger partial charge in [-0.25, -0.2) is 9.07 Å². The average molecular weight is 393 g/mol. The molecule has 2 rings (SSSR count). The van der Waals surface area contributed by atoms with E-state index >= 15 is 0 Å². The van der Waals surface area contributed by atoms with Crippen molar-refractivity contribution < 1.29 is 30.7 Å². The molecule has 0 amide bonds. The molecule has 0 saturated heterocycles. The third-order valence-electron chi connectivity index (χ3n) is 3.00. The number of benzene rings is 1. The normalized spacial score (nSPS) is 12.8. The lowest BCUT2D eigenvalue weighted by Gasteiger charge is -2.13. The minimum atomic E-state index is -4.81. The van der Waals surface area contributed by atoms with Crippen LogP contribution in [-0.4, -0.2) is 15.3 Å². The van der Waals surface area contributed by atoms with Gasteiger partial charge >= 0.3 is 11.7 Å². The van der Waals surface area contributed by atoms with Gasteiger partial charge in [0.1, 0.15) is 5.69 Å². The lowest BCUT2D eigenvalue weighted by molar-refractivity contribution is -0.137. The van der Waals surface area contributed by atoms with E-state index in [1.807, 2.05) is 0 Å². The summed E-state index contributed by atoms with van der Waals surface area (Å²) in [7, 11) is 0. The Morgan fingerprint density at radius 2 is 1.67 bits per heavy atom. The summed E-state index contributed by atoms with van der Waals surface area (Å²) in [6.45, 7) is 2.51. The fourth-order valence-corrected chi connectivity index (χ4v) is 2.98. The molecular weight excluding hydrogens is 385 g/mol. The summed E-state index contributed by atoms with van der Waals surface area (Å²) in [4.78, 5) is -0.266. The topological polar surface area (TPSA) is 17.8 Å². The fourth-order valence-electron chi connectivity index (χ4n) is 2.04. The summed E-state index contributed by atoms with van der Waals surface area (Å²) in [5, 5.41) is 3.15. The van der Waals surface area contributed by atoms with Crippen molar-refractivity contribution >= 4 is 23.4 Å². The molecule has 1 aromatic heterocycles. The molecule has 24 heavy (non-hydrogen) atoms. The number of halogens is 8. The SMILES string of the molecule is Cc1nn(-c2c(F)cc(C(F)(F)F)cc2Cl)c(C)c1SC(F)(F)F. The van der Waals surface area contributed by atoms with Crippen LogP contribution in [0.1, 0.15) is 17.0 Å². The lowest BCUT2D eigenvalue weighted by atomic mass is 10.2. The van der Waals surface area contributed by atoms with Crippen LogP contribution in [0.2, 0.25) is 5.02 Å². The van der Waals surface area contributed by atoms with Crippen molar-refractivity contribution in [2.75, 3.05) is 0 Å². The van der Waals surface area contributed by atoms with Gasteiger partial charge in [0.15, 0.2) is 5.82 Å². The summed E-state index contributed by atoms with van der Waals surface area (Å²) >= 11 is 5.27. The van der Waals surface area contributed by atoms with Gasteiger partial charge in [0.25, 0.3) is 0 Å². The number of hydrogen-bond donors (Lipinski definition) is 0. The highest BCUT2D eigenvalue weighted by Crippen LogP contribution is 2.41. The zero-order valence-electron chi connectivity index (χ0n) is 12.0. The number of nitrogens with zero attached hydrogens (tertiary/aromatic N) is 2. The molecule has 132 valence electrons. The van der Waals surface area contributed by atoms with Crippen LogP contribution in [0.3, 0.4) is 0 Å². The molecule has 0 fully saturated rings. The molecule has 0 aliphatic rings. The van der Waals surface area contributed by atoms with Gasteiger partial charge in [-0.2, -0.15) is 31.4 Å². The van der Waals surface area contributed by atoms with E-state index in [1.54, 1.807) is 0 Å². The largest absolute Gasteiger partial charge is 0.446 e. The Balaban J connectivity index is 2.60. The van der Waals surface area contributed by atoms with Crippen molar-refractivity contribution in [3.8, 4) is 5.69 Å². The van der Waals surface area contributed by atoms with Gasteiger partial charge in [0, 0.05) is 0 Å². The van der Waals surface area contributed by atoms with Gasteiger partial charge in [-0.15, -0.1) is 0 Å². The van der Waals surface area contributed by atoms with Gasteiger partial charge in [-0.1, -0.05) is 11.6 Å². The maximum Gasteiger partial charge on any atom is 0.446 e. The first-order valence-corrected chi connectivity index (χ1v) is 7.39. The van der Waals surface area contributed by atoms with Crippen LogP contribution < -0.4 is 0 Å². The first kappa shape index (κ1) is 18.9. The standard InChI is InChI=1S/C13H8ClF7N2S/c1-5-11(24-13(19,20)21)6(2)23(22-5)10-8(14)3-7(4-9(10)15)12(16,17)18/h3-4H,1-2H3. The van der Waals surface area contributed by atoms with Crippen LogP contribution in [0.25, 0.3) is 5.69 Å².